The number of methoxy groups -OCH3 is 1. The topological polar surface area (TPSA) is 63.2 Å². The molecule has 2 rings (SSSR count). The third-order valence-corrected chi connectivity index (χ3v) is 3.25. The van der Waals surface area contributed by atoms with Gasteiger partial charge in [-0.15, -0.1) is 17.9 Å². The molecule has 5 nitrogen and oxygen atoms in total. The number of hydrogen-bond acceptors (Lipinski definition) is 4. The lowest BCUT2D eigenvalue weighted by Gasteiger charge is -2.02. The molecule has 0 radical (unpaired) electrons. The number of carbonyl (C=O) groups excluding carboxylic acids is 1. The molecule has 2 aromatic rings. The molecule has 0 aliphatic heterocycles. The Morgan fingerprint density at radius 1 is 1.55 bits per heavy atom. The highest BCUT2D eigenvalue weighted by molar-refractivity contribution is 7.14. The van der Waals surface area contributed by atoms with E-state index in [1.54, 1.807) is 13.2 Å². The summed E-state index contributed by atoms with van der Waals surface area (Å²) >= 11 is 1.37. The Morgan fingerprint density at radius 3 is 3.15 bits per heavy atom. The summed E-state index contributed by atoms with van der Waals surface area (Å²) in [6.45, 7) is 3.95. The number of ether oxygens (including phenoxy) is 1. The summed E-state index contributed by atoms with van der Waals surface area (Å²) in [5.74, 6) is 0.772. The number of urea groups is 1. The van der Waals surface area contributed by atoms with Crippen molar-refractivity contribution >= 4 is 22.5 Å². The van der Waals surface area contributed by atoms with Crippen LogP contribution in [0.15, 0.2) is 42.3 Å². The van der Waals surface area contributed by atoms with Crippen molar-refractivity contribution < 1.29 is 9.53 Å². The molecule has 104 valence electrons. The number of nitrogens with zero attached hydrogens (tertiary/aromatic N) is 1. The zero-order chi connectivity index (χ0) is 14.4. The average molecular weight is 289 g/mol. The maximum absolute atomic E-state index is 11.5. The van der Waals surface area contributed by atoms with Crippen molar-refractivity contribution in [3.63, 3.8) is 0 Å². The van der Waals surface area contributed by atoms with Gasteiger partial charge in [0.15, 0.2) is 5.13 Å². The van der Waals surface area contributed by atoms with Crippen LogP contribution in [0.25, 0.3) is 11.3 Å². The molecule has 0 saturated carbocycles. The normalized spacial score (nSPS) is 9.85. The van der Waals surface area contributed by atoms with Gasteiger partial charge < -0.3 is 10.1 Å². The molecular formula is C14H15N3O2S. The van der Waals surface area contributed by atoms with Crippen LogP contribution in [-0.2, 0) is 0 Å². The zero-order valence-electron chi connectivity index (χ0n) is 11.1. The number of amides is 2. The molecule has 1 aromatic heterocycles. The minimum absolute atomic E-state index is 0.295. The van der Waals surface area contributed by atoms with Crippen LogP contribution < -0.4 is 15.4 Å². The Balaban J connectivity index is 2.08. The fourth-order valence-corrected chi connectivity index (χ4v) is 2.27. The number of aromatic nitrogens is 1. The molecule has 0 aliphatic rings. The van der Waals surface area contributed by atoms with Crippen LogP contribution in [0.4, 0.5) is 9.93 Å². The molecule has 0 atom stereocenters. The highest BCUT2D eigenvalue weighted by Crippen LogP contribution is 2.27. The standard InChI is InChI=1S/C14H15N3O2S/c1-3-7-15-13(18)17-14-16-12(9-20-14)10-5-4-6-11(8-10)19-2/h3-6,8-9H,1,7H2,2H3,(H2,15,16,17,18). The smallest absolute Gasteiger partial charge is 0.321 e. The van der Waals surface area contributed by atoms with Gasteiger partial charge in [-0.25, -0.2) is 9.78 Å². The molecule has 6 heteroatoms. The van der Waals surface area contributed by atoms with Crippen LogP contribution in [0.2, 0.25) is 0 Å². The molecule has 1 aromatic carbocycles. The minimum Gasteiger partial charge on any atom is -0.497 e. The van der Waals surface area contributed by atoms with Crippen molar-refractivity contribution in [3.8, 4) is 17.0 Å². The summed E-state index contributed by atoms with van der Waals surface area (Å²) < 4.78 is 5.18. The Bertz CT molecular complexity index is 610. The lowest BCUT2D eigenvalue weighted by Crippen LogP contribution is -2.28. The molecule has 0 spiro atoms. The van der Waals surface area contributed by atoms with Crippen LogP contribution in [0, 0.1) is 0 Å². The summed E-state index contributed by atoms with van der Waals surface area (Å²) in [5.41, 5.74) is 1.74. The van der Waals surface area contributed by atoms with E-state index in [1.165, 1.54) is 11.3 Å². The van der Waals surface area contributed by atoms with Gasteiger partial charge in [0, 0.05) is 17.5 Å². The van der Waals surface area contributed by atoms with Crippen molar-refractivity contribution in [1.82, 2.24) is 10.3 Å². The second-order valence-electron chi connectivity index (χ2n) is 3.89. The van der Waals surface area contributed by atoms with Gasteiger partial charge in [0.2, 0.25) is 0 Å². The number of thiazole rings is 1. The summed E-state index contributed by atoms with van der Waals surface area (Å²) in [4.78, 5) is 15.9. The molecule has 2 amide bonds. The number of benzene rings is 1. The third kappa shape index (κ3) is 3.58. The number of nitrogens with one attached hydrogen (secondary N) is 2. The van der Waals surface area contributed by atoms with E-state index in [9.17, 15) is 4.79 Å². The van der Waals surface area contributed by atoms with Gasteiger partial charge in [-0.3, -0.25) is 5.32 Å². The fraction of sp³-hybridized carbons (Fsp3) is 0.143. The molecule has 20 heavy (non-hydrogen) atoms. The lowest BCUT2D eigenvalue weighted by molar-refractivity contribution is 0.253. The fourth-order valence-electron chi connectivity index (χ4n) is 1.55. The van der Waals surface area contributed by atoms with Gasteiger partial charge >= 0.3 is 6.03 Å². The van der Waals surface area contributed by atoms with Crippen LogP contribution in [0.5, 0.6) is 5.75 Å². The van der Waals surface area contributed by atoms with Gasteiger partial charge in [-0.2, -0.15) is 0 Å². The molecule has 0 saturated heterocycles. The summed E-state index contributed by atoms with van der Waals surface area (Å²) in [6.07, 6.45) is 1.61. The molecule has 0 bridgehead atoms. The van der Waals surface area contributed by atoms with Crippen LogP contribution in [0.3, 0.4) is 0 Å². The maximum Gasteiger partial charge on any atom is 0.321 e. The van der Waals surface area contributed by atoms with E-state index in [0.717, 1.165) is 17.0 Å². The molecular weight excluding hydrogens is 274 g/mol. The van der Waals surface area contributed by atoms with Crippen molar-refractivity contribution in [3.05, 3.63) is 42.3 Å². The van der Waals surface area contributed by atoms with E-state index < -0.39 is 0 Å². The van der Waals surface area contributed by atoms with Crippen molar-refractivity contribution in [2.75, 3.05) is 19.0 Å². The van der Waals surface area contributed by atoms with Gasteiger partial charge in [0.1, 0.15) is 5.75 Å². The highest BCUT2D eigenvalue weighted by atomic mass is 32.1. The first-order chi connectivity index (χ1) is 9.72. The number of anilines is 1. The molecule has 0 aliphatic carbocycles. The average Bonchev–Trinajstić information content (AvgIpc) is 2.93. The predicted octanol–water partition coefficient (Wildman–Crippen LogP) is 3.13. The zero-order valence-corrected chi connectivity index (χ0v) is 11.9. The SMILES string of the molecule is C=CCNC(=O)Nc1nc(-c2cccc(OC)c2)cs1. The highest BCUT2D eigenvalue weighted by Gasteiger charge is 2.07. The van der Waals surface area contributed by atoms with Crippen molar-refractivity contribution in [2.24, 2.45) is 0 Å². The van der Waals surface area contributed by atoms with Gasteiger partial charge in [-0.1, -0.05) is 18.2 Å². The Labute approximate surface area is 121 Å². The Morgan fingerprint density at radius 2 is 2.40 bits per heavy atom. The minimum atomic E-state index is -0.295. The van der Waals surface area contributed by atoms with E-state index in [-0.39, 0.29) is 6.03 Å². The summed E-state index contributed by atoms with van der Waals surface area (Å²) in [6, 6.07) is 7.32. The summed E-state index contributed by atoms with van der Waals surface area (Å²) in [5, 5.41) is 7.73. The lowest BCUT2D eigenvalue weighted by atomic mass is 10.2. The third-order valence-electron chi connectivity index (χ3n) is 2.50. The first kappa shape index (κ1) is 14.1. The molecule has 0 unspecified atom stereocenters. The van der Waals surface area contributed by atoms with Gasteiger partial charge in [0.05, 0.1) is 12.8 Å². The monoisotopic (exact) mass is 289 g/mol. The molecule has 2 N–H and O–H groups in total. The predicted molar refractivity (Wildman–Crippen MR) is 81.3 cm³/mol. The van der Waals surface area contributed by atoms with E-state index in [0.29, 0.717) is 11.7 Å². The maximum atomic E-state index is 11.5. The Hall–Kier alpha value is -2.34. The second-order valence-corrected chi connectivity index (χ2v) is 4.75. The second kappa shape index (κ2) is 6.72. The van der Waals surface area contributed by atoms with E-state index in [2.05, 4.69) is 22.2 Å². The summed E-state index contributed by atoms with van der Waals surface area (Å²) in [7, 11) is 1.62. The quantitative estimate of drug-likeness (QED) is 0.831. The molecule has 0 fully saturated rings. The van der Waals surface area contributed by atoms with Gasteiger partial charge in [0.25, 0.3) is 0 Å². The van der Waals surface area contributed by atoms with Crippen molar-refractivity contribution in [1.29, 1.82) is 0 Å². The van der Waals surface area contributed by atoms with Crippen molar-refractivity contribution in [2.45, 2.75) is 0 Å². The van der Waals surface area contributed by atoms with E-state index in [4.69, 9.17) is 4.74 Å². The van der Waals surface area contributed by atoms with E-state index in [1.807, 2.05) is 29.6 Å². The number of rotatable bonds is 5. The van der Waals surface area contributed by atoms with E-state index >= 15 is 0 Å². The molecule has 1 heterocycles. The first-order valence-electron chi connectivity index (χ1n) is 5.98. The Kier molecular flexibility index (Phi) is 4.73. The number of carbonyl (C=O) groups is 1. The van der Waals surface area contributed by atoms with Crippen LogP contribution in [0.1, 0.15) is 0 Å². The van der Waals surface area contributed by atoms with Gasteiger partial charge in [-0.05, 0) is 12.1 Å². The van der Waals surface area contributed by atoms with Crippen LogP contribution >= 0.6 is 11.3 Å². The first-order valence-corrected chi connectivity index (χ1v) is 6.86. The number of hydrogen-bond donors (Lipinski definition) is 2. The largest absolute Gasteiger partial charge is 0.497 e. The van der Waals surface area contributed by atoms with Crippen LogP contribution in [-0.4, -0.2) is 24.7 Å².